The van der Waals surface area contributed by atoms with E-state index in [2.05, 4.69) is 25.4 Å². The highest BCUT2D eigenvalue weighted by Gasteiger charge is 2.30. The summed E-state index contributed by atoms with van der Waals surface area (Å²) in [6.07, 6.45) is 5.58. The first-order valence-corrected chi connectivity index (χ1v) is 13.1. The van der Waals surface area contributed by atoms with Crippen molar-refractivity contribution in [3.8, 4) is 11.3 Å². The molecule has 1 heterocycles. The first-order chi connectivity index (χ1) is 16.7. The molecule has 1 aromatic heterocycles. The average Bonchev–Trinajstić information content (AvgIpc) is 3.64. The van der Waals surface area contributed by atoms with Gasteiger partial charge in [0.15, 0.2) is 0 Å². The molecule has 0 spiro atoms. The van der Waals surface area contributed by atoms with Crippen LogP contribution >= 0.6 is 23.5 Å². The third-order valence-corrected chi connectivity index (χ3v) is 7.49. The molecule has 1 saturated carbocycles. The van der Waals surface area contributed by atoms with Gasteiger partial charge in [-0.3, -0.25) is 13.7 Å². The van der Waals surface area contributed by atoms with E-state index in [0.29, 0.717) is 21.3 Å². The minimum Gasteiger partial charge on any atom is -0.478 e. The molecular formula is C23H20BrF2N2O6P. The maximum atomic E-state index is 13.2. The van der Waals surface area contributed by atoms with Crippen molar-refractivity contribution in [2.75, 3.05) is 0 Å². The van der Waals surface area contributed by atoms with Crippen LogP contribution in [0.5, 0.6) is 0 Å². The van der Waals surface area contributed by atoms with E-state index in [1.54, 1.807) is 33.4 Å². The van der Waals surface area contributed by atoms with Crippen molar-refractivity contribution in [1.29, 1.82) is 0 Å². The topological polar surface area (TPSA) is 99.8 Å². The predicted octanol–water partition coefficient (Wildman–Crippen LogP) is 6.06. The summed E-state index contributed by atoms with van der Waals surface area (Å²) in [4.78, 5) is 23.9. The second-order valence-electron chi connectivity index (χ2n) is 8.15. The zero-order chi connectivity index (χ0) is 25.2. The normalized spacial score (nSPS) is 14.0. The monoisotopic (exact) mass is 568 g/mol. The molecule has 0 saturated heterocycles. The summed E-state index contributed by atoms with van der Waals surface area (Å²) in [6, 6.07) is 12.2. The lowest BCUT2D eigenvalue weighted by molar-refractivity contribution is -0.131. The van der Waals surface area contributed by atoms with Gasteiger partial charge in [-0.1, -0.05) is 52.3 Å². The molecule has 4 rings (SSSR count). The minimum absolute atomic E-state index is 0.157. The molecule has 0 radical (unpaired) electrons. The number of nitrogens with zero attached hydrogens (tertiary/aromatic N) is 2. The van der Waals surface area contributed by atoms with Crippen LogP contribution in [-0.2, 0) is 31.5 Å². The number of halogens is 3. The van der Waals surface area contributed by atoms with Gasteiger partial charge in [0.25, 0.3) is 0 Å². The molecule has 35 heavy (non-hydrogen) atoms. The Morgan fingerprint density at radius 1 is 1.17 bits per heavy atom. The number of rotatable bonds is 10. The lowest BCUT2D eigenvalue weighted by Crippen LogP contribution is -2.24. The van der Waals surface area contributed by atoms with Crippen LogP contribution < -0.4 is 5.69 Å². The van der Waals surface area contributed by atoms with E-state index >= 15 is 0 Å². The number of hydrogen-bond acceptors (Lipinski definition) is 5. The van der Waals surface area contributed by atoms with Crippen LogP contribution in [0.1, 0.15) is 35.6 Å². The van der Waals surface area contributed by atoms with Crippen LogP contribution in [0, 0.1) is 0 Å². The van der Waals surface area contributed by atoms with E-state index in [1.165, 1.54) is 12.1 Å². The van der Waals surface area contributed by atoms with Gasteiger partial charge >= 0.3 is 19.3 Å². The molecule has 1 N–H and O–H groups in total. The summed E-state index contributed by atoms with van der Waals surface area (Å²) in [5.41, 5.74) is 3.04. The predicted molar refractivity (Wildman–Crippen MR) is 128 cm³/mol. The number of aliphatic carboxylic acids is 1. The highest BCUT2D eigenvalue weighted by Crippen LogP contribution is 2.53. The van der Waals surface area contributed by atoms with Gasteiger partial charge in [0.05, 0.1) is 18.4 Å². The summed E-state index contributed by atoms with van der Waals surface area (Å²) in [6.45, 7) is 0.213. The van der Waals surface area contributed by atoms with Crippen LogP contribution in [0.25, 0.3) is 17.3 Å². The van der Waals surface area contributed by atoms with Crippen molar-refractivity contribution in [3.63, 3.8) is 0 Å². The minimum atomic E-state index is -4.54. The van der Waals surface area contributed by atoms with Crippen molar-refractivity contribution in [1.82, 2.24) is 9.13 Å². The SMILES string of the molecule is O=C(O)C=Cc1ccc(-c2cn(C3CC3)c(=O)n2Cc2ccc(CP(=O)(OF)OF)c(Br)c2)cc1. The van der Waals surface area contributed by atoms with Crippen molar-refractivity contribution >= 4 is 35.6 Å². The molecule has 12 heteroatoms. The molecule has 1 fully saturated rings. The molecule has 0 unspecified atom stereocenters. The fraction of sp³-hybridized carbons (Fsp3) is 0.217. The Morgan fingerprint density at radius 3 is 2.43 bits per heavy atom. The maximum Gasteiger partial charge on any atom is 0.399 e. The van der Waals surface area contributed by atoms with Crippen molar-refractivity contribution < 1.29 is 33.0 Å². The first kappa shape index (κ1) is 25.2. The van der Waals surface area contributed by atoms with Crippen molar-refractivity contribution in [2.24, 2.45) is 0 Å². The summed E-state index contributed by atoms with van der Waals surface area (Å²) < 4.78 is 46.8. The third-order valence-electron chi connectivity index (χ3n) is 5.60. The Morgan fingerprint density at radius 2 is 1.86 bits per heavy atom. The van der Waals surface area contributed by atoms with Gasteiger partial charge in [-0.15, -0.1) is 9.46 Å². The van der Waals surface area contributed by atoms with E-state index in [9.17, 15) is 23.2 Å². The van der Waals surface area contributed by atoms with Crippen LogP contribution in [0.3, 0.4) is 0 Å². The molecule has 0 amide bonds. The molecule has 0 bridgehead atoms. The van der Waals surface area contributed by atoms with Gasteiger partial charge < -0.3 is 5.11 Å². The van der Waals surface area contributed by atoms with Gasteiger partial charge in [0.2, 0.25) is 0 Å². The number of carboxylic acid groups (broad SMARTS) is 1. The Balaban J connectivity index is 1.65. The van der Waals surface area contributed by atoms with Gasteiger partial charge in [-0.05, 0) is 56.3 Å². The number of imidazole rings is 1. The Hall–Kier alpha value is -2.85. The quantitative estimate of drug-likeness (QED) is 0.236. The fourth-order valence-corrected chi connectivity index (χ4v) is 5.29. The molecule has 1 aliphatic carbocycles. The summed E-state index contributed by atoms with van der Waals surface area (Å²) in [5, 5.41) is 8.80. The van der Waals surface area contributed by atoms with E-state index in [1.807, 2.05) is 18.3 Å². The lowest BCUT2D eigenvalue weighted by Gasteiger charge is -2.12. The maximum absolute atomic E-state index is 13.2. The molecular weight excluding hydrogens is 549 g/mol. The van der Waals surface area contributed by atoms with E-state index in [0.717, 1.165) is 30.0 Å². The molecule has 2 aromatic carbocycles. The number of hydrogen-bond donors (Lipinski definition) is 1. The smallest absolute Gasteiger partial charge is 0.399 e. The Labute approximate surface area is 206 Å². The highest BCUT2D eigenvalue weighted by atomic mass is 79.9. The van der Waals surface area contributed by atoms with Crippen LogP contribution in [0.2, 0.25) is 0 Å². The fourth-order valence-electron chi connectivity index (χ4n) is 3.70. The third kappa shape index (κ3) is 5.87. The van der Waals surface area contributed by atoms with Gasteiger partial charge in [-0.25, -0.2) is 9.59 Å². The molecule has 0 aliphatic heterocycles. The van der Waals surface area contributed by atoms with E-state index in [4.69, 9.17) is 5.11 Å². The Bertz CT molecular complexity index is 1370. The number of benzene rings is 2. The number of carbonyl (C=O) groups is 1. The molecule has 8 nitrogen and oxygen atoms in total. The lowest BCUT2D eigenvalue weighted by atomic mass is 10.1. The molecule has 3 aromatic rings. The van der Waals surface area contributed by atoms with E-state index < -0.39 is 19.7 Å². The van der Waals surface area contributed by atoms with Gasteiger partial charge in [0, 0.05) is 22.8 Å². The van der Waals surface area contributed by atoms with Crippen LogP contribution in [0.4, 0.5) is 9.05 Å². The molecule has 1 aliphatic rings. The van der Waals surface area contributed by atoms with Gasteiger partial charge in [-0.2, -0.15) is 0 Å². The highest BCUT2D eigenvalue weighted by molar-refractivity contribution is 9.10. The van der Waals surface area contributed by atoms with Crippen molar-refractivity contribution in [3.05, 3.63) is 86.4 Å². The standard InChI is InChI=1S/C23H20BrF2N2O6P/c24-20-11-16(3-7-18(20)14-35(32,33-25)34-26)12-28-21(13-27(23(28)31)19-8-9-19)17-5-1-15(2-6-17)4-10-22(29)30/h1-7,10-11,13,19H,8-9,12,14H2,(H,29,30). The Kier molecular flexibility index (Phi) is 7.51. The summed E-state index contributed by atoms with van der Waals surface area (Å²) in [7, 11) is -4.54. The van der Waals surface area contributed by atoms with E-state index in [-0.39, 0.29) is 18.3 Å². The van der Waals surface area contributed by atoms with Gasteiger partial charge in [0.1, 0.15) is 0 Å². The largest absolute Gasteiger partial charge is 0.478 e. The van der Waals surface area contributed by atoms with Crippen LogP contribution in [-0.4, -0.2) is 20.2 Å². The first-order valence-electron chi connectivity index (χ1n) is 10.5. The number of carboxylic acids is 1. The second-order valence-corrected chi connectivity index (χ2v) is 10.8. The second kappa shape index (κ2) is 10.4. The molecule has 0 atom stereocenters. The zero-order valence-corrected chi connectivity index (χ0v) is 20.6. The summed E-state index contributed by atoms with van der Waals surface area (Å²) in [5.74, 6) is -1.04. The van der Waals surface area contributed by atoms with Crippen molar-refractivity contribution in [2.45, 2.75) is 31.6 Å². The zero-order valence-electron chi connectivity index (χ0n) is 18.1. The number of aromatic nitrogens is 2. The van der Waals surface area contributed by atoms with Crippen LogP contribution in [0.15, 0.2) is 64.0 Å². The average molecular weight is 569 g/mol. The molecule has 184 valence electrons. The summed E-state index contributed by atoms with van der Waals surface area (Å²) >= 11 is 3.31.